The van der Waals surface area contributed by atoms with Crippen molar-refractivity contribution in [1.29, 1.82) is 0 Å². The van der Waals surface area contributed by atoms with E-state index in [1.807, 2.05) is 28.0 Å². The second-order valence-corrected chi connectivity index (χ2v) is 6.38. The summed E-state index contributed by atoms with van der Waals surface area (Å²) in [6.07, 6.45) is 1.86. The third kappa shape index (κ3) is 2.50. The molecule has 0 aliphatic carbocycles. The summed E-state index contributed by atoms with van der Waals surface area (Å²) >= 11 is 0. The lowest BCUT2D eigenvalue weighted by atomic mass is 9.69. The van der Waals surface area contributed by atoms with Gasteiger partial charge in [-0.2, -0.15) is 0 Å². The number of piperidine rings is 1. The third-order valence-corrected chi connectivity index (χ3v) is 5.23. The van der Waals surface area contributed by atoms with Crippen LogP contribution in [-0.2, 0) is 15.0 Å². The monoisotopic (exact) mass is 302 g/mol. The lowest BCUT2D eigenvalue weighted by Crippen LogP contribution is -2.57. The topological polar surface area (TPSA) is 60.9 Å². The number of likely N-dealkylation sites (tertiary alicyclic amines) is 2. The fraction of sp³-hybridized carbons (Fsp3) is 0.529. The van der Waals surface area contributed by atoms with Gasteiger partial charge in [-0.1, -0.05) is 30.3 Å². The van der Waals surface area contributed by atoms with Gasteiger partial charge < -0.3 is 10.0 Å². The molecule has 2 heterocycles. The van der Waals surface area contributed by atoms with E-state index in [0.717, 1.165) is 25.9 Å². The van der Waals surface area contributed by atoms with Gasteiger partial charge in [-0.25, -0.2) is 0 Å². The Morgan fingerprint density at radius 2 is 1.91 bits per heavy atom. The van der Waals surface area contributed by atoms with Crippen LogP contribution in [0.2, 0.25) is 0 Å². The molecule has 1 N–H and O–H groups in total. The molecule has 0 aromatic heterocycles. The Morgan fingerprint density at radius 3 is 2.55 bits per heavy atom. The minimum absolute atomic E-state index is 0.0259. The maximum absolute atomic E-state index is 12.0. The highest BCUT2D eigenvalue weighted by Crippen LogP contribution is 2.45. The minimum Gasteiger partial charge on any atom is -0.480 e. The van der Waals surface area contributed by atoms with Crippen LogP contribution in [0.3, 0.4) is 0 Å². The number of benzene rings is 1. The van der Waals surface area contributed by atoms with Gasteiger partial charge in [-0.05, 0) is 24.9 Å². The summed E-state index contributed by atoms with van der Waals surface area (Å²) < 4.78 is 0. The van der Waals surface area contributed by atoms with Crippen molar-refractivity contribution >= 4 is 11.9 Å². The van der Waals surface area contributed by atoms with Crippen LogP contribution in [0.4, 0.5) is 0 Å². The van der Waals surface area contributed by atoms with Crippen molar-refractivity contribution in [2.45, 2.75) is 31.2 Å². The average Bonchev–Trinajstić information content (AvgIpc) is 2.88. The number of fused-ring (bicyclic) bond motifs is 1. The highest BCUT2D eigenvalue weighted by atomic mass is 16.4. The van der Waals surface area contributed by atoms with Crippen molar-refractivity contribution in [3.8, 4) is 0 Å². The SMILES string of the molecule is CC(=O)N1CC[C@]2(c3ccccc3)CCN(CC(=O)O)C[C@@H]12. The molecule has 2 fully saturated rings. The lowest BCUT2D eigenvalue weighted by Gasteiger charge is -2.46. The Hall–Kier alpha value is -1.88. The second-order valence-electron chi connectivity index (χ2n) is 6.38. The van der Waals surface area contributed by atoms with E-state index in [0.29, 0.717) is 6.54 Å². The zero-order valence-corrected chi connectivity index (χ0v) is 12.9. The number of carboxylic acid groups (broad SMARTS) is 1. The first-order chi connectivity index (χ1) is 10.5. The summed E-state index contributed by atoms with van der Waals surface area (Å²) in [6, 6.07) is 10.4. The van der Waals surface area contributed by atoms with Gasteiger partial charge in [0.15, 0.2) is 0 Å². The quantitative estimate of drug-likeness (QED) is 0.915. The Balaban J connectivity index is 1.92. The van der Waals surface area contributed by atoms with E-state index in [1.165, 1.54) is 5.56 Å². The molecular formula is C17H22N2O3. The van der Waals surface area contributed by atoms with Gasteiger partial charge in [-0.15, -0.1) is 0 Å². The maximum atomic E-state index is 12.0. The summed E-state index contributed by atoms with van der Waals surface area (Å²) in [4.78, 5) is 26.9. The summed E-state index contributed by atoms with van der Waals surface area (Å²) in [6.45, 7) is 3.82. The number of amides is 1. The van der Waals surface area contributed by atoms with Crippen LogP contribution in [-0.4, -0.2) is 59.0 Å². The molecule has 2 aliphatic rings. The van der Waals surface area contributed by atoms with E-state index in [1.54, 1.807) is 6.92 Å². The Bertz CT molecular complexity index is 575. The summed E-state index contributed by atoms with van der Waals surface area (Å²) in [5, 5.41) is 9.04. The van der Waals surface area contributed by atoms with E-state index in [-0.39, 0.29) is 23.9 Å². The number of carbonyl (C=O) groups excluding carboxylic acids is 1. The molecule has 0 saturated carbocycles. The number of nitrogens with zero attached hydrogens (tertiary/aromatic N) is 2. The molecule has 1 amide bonds. The van der Waals surface area contributed by atoms with Crippen molar-refractivity contribution in [2.24, 2.45) is 0 Å². The normalized spacial score (nSPS) is 28.4. The minimum atomic E-state index is -0.806. The van der Waals surface area contributed by atoms with Crippen LogP contribution in [0.15, 0.2) is 30.3 Å². The molecule has 1 aromatic rings. The van der Waals surface area contributed by atoms with Gasteiger partial charge in [0, 0.05) is 25.4 Å². The van der Waals surface area contributed by atoms with Crippen LogP contribution in [0.1, 0.15) is 25.3 Å². The van der Waals surface area contributed by atoms with Crippen LogP contribution < -0.4 is 0 Å². The molecular weight excluding hydrogens is 280 g/mol. The number of rotatable bonds is 3. The third-order valence-electron chi connectivity index (χ3n) is 5.23. The van der Waals surface area contributed by atoms with Crippen molar-refractivity contribution < 1.29 is 14.7 Å². The van der Waals surface area contributed by atoms with Gasteiger partial charge in [-0.3, -0.25) is 14.5 Å². The number of aliphatic carboxylic acids is 1. The first-order valence-corrected chi connectivity index (χ1v) is 7.80. The molecule has 0 radical (unpaired) electrons. The van der Waals surface area contributed by atoms with E-state index in [4.69, 9.17) is 5.11 Å². The fourth-order valence-corrected chi connectivity index (χ4v) is 4.16. The van der Waals surface area contributed by atoms with Crippen LogP contribution in [0.25, 0.3) is 0 Å². The molecule has 5 heteroatoms. The van der Waals surface area contributed by atoms with Crippen LogP contribution in [0.5, 0.6) is 0 Å². The summed E-state index contributed by atoms with van der Waals surface area (Å²) in [5.41, 5.74) is 1.25. The molecule has 2 saturated heterocycles. The Morgan fingerprint density at radius 1 is 1.23 bits per heavy atom. The van der Waals surface area contributed by atoms with Gasteiger partial charge in [0.1, 0.15) is 0 Å². The first-order valence-electron chi connectivity index (χ1n) is 7.80. The summed E-state index contributed by atoms with van der Waals surface area (Å²) in [7, 11) is 0. The van der Waals surface area contributed by atoms with Crippen molar-refractivity contribution in [3.05, 3.63) is 35.9 Å². The van der Waals surface area contributed by atoms with Gasteiger partial charge in [0.05, 0.1) is 12.6 Å². The number of carboxylic acids is 1. The van der Waals surface area contributed by atoms with Gasteiger partial charge >= 0.3 is 5.97 Å². The van der Waals surface area contributed by atoms with E-state index >= 15 is 0 Å². The predicted molar refractivity (Wildman–Crippen MR) is 82.6 cm³/mol. The molecule has 2 aliphatic heterocycles. The average molecular weight is 302 g/mol. The van der Waals surface area contributed by atoms with Crippen LogP contribution in [0, 0.1) is 0 Å². The Kier molecular flexibility index (Phi) is 3.91. The molecule has 2 atom stereocenters. The van der Waals surface area contributed by atoms with Crippen molar-refractivity contribution in [1.82, 2.24) is 9.80 Å². The van der Waals surface area contributed by atoms with Crippen molar-refractivity contribution in [2.75, 3.05) is 26.2 Å². The van der Waals surface area contributed by atoms with E-state index in [9.17, 15) is 9.59 Å². The molecule has 3 rings (SSSR count). The van der Waals surface area contributed by atoms with E-state index in [2.05, 4.69) is 12.1 Å². The maximum Gasteiger partial charge on any atom is 0.317 e. The molecule has 22 heavy (non-hydrogen) atoms. The molecule has 0 unspecified atom stereocenters. The highest BCUT2D eigenvalue weighted by molar-refractivity contribution is 5.74. The molecule has 118 valence electrons. The second kappa shape index (κ2) is 5.72. The molecule has 0 bridgehead atoms. The standard InChI is InChI=1S/C17H22N2O3/c1-13(20)19-10-8-17(14-5-3-2-4-6-14)7-9-18(11-15(17)19)12-16(21)22/h2-6,15H,7-12H2,1H3,(H,21,22)/t15-,17+/m1/s1. The number of hydrogen-bond donors (Lipinski definition) is 1. The Labute approximate surface area is 130 Å². The van der Waals surface area contributed by atoms with E-state index < -0.39 is 5.97 Å². The molecule has 0 spiro atoms. The first kappa shape index (κ1) is 15.0. The van der Waals surface area contributed by atoms with Gasteiger partial charge in [0.25, 0.3) is 0 Å². The lowest BCUT2D eigenvalue weighted by molar-refractivity contribution is -0.139. The van der Waals surface area contributed by atoms with Crippen LogP contribution >= 0.6 is 0 Å². The summed E-state index contributed by atoms with van der Waals surface area (Å²) in [5.74, 6) is -0.723. The highest BCUT2D eigenvalue weighted by Gasteiger charge is 2.51. The fourth-order valence-electron chi connectivity index (χ4n) is 4.16. The van der Waals surface area contributed by atoms with Crippen molar-refractivity contribution in [3.63, 3.8) is 0 Å². The number of carbonyl (C=O) groups is 2. The smallest absolute Gasteiger partial charge is 0.317 e. The largest absolute Gasteiger partial charge is 0.480 e. The predicted octanol–water partition coefficient (Wildman–Crippen LogP) is 1.34. The number of hydrogen-bond acceptors (Lipinski definition) is 3. The van der Waals surface area contributed by atoms with Gasteiger partial charge in [0.2, 0.25) is 5.91 Å². The molecule has 5 nitrogen and oxygen atoms in total. The zero-order chi connectivity index (χ0) is 15.7. The molecule has 1 aromatic carbocycles. The zero-order valence-electron chi connectivity index (χ0n) is 12.9.